The van der Waals surface area contributed by atoms with E-state index in [1.165, 1.54) is 0 Å². The van der Waals surface area contributed by atoms with E-state index in [9.17, 15) is 4.79 Å². The van der Waals surface area contributed by atoms with E-state index in [2.05, 4.69) is 20.6 Å². The van der Waals surface area contributed by atoms with Crippen LogP contribution in [0.4, 0.5) is 16.2 Å². The number of nitrogens with one attached hydrogen (secondary N) is 3. The molecule has 0 fully saturated rings. The van der Waals surface area contributed by atoms with Gasteiger partial charge in [-0.05, 0) is 32.9 Å². The molecule has 23 heavy (non-hydrogen) atoms. The molecule has 0 aliphatic heterocycles. The summed E-state index contributed by atoms with van der Waals surface area (Å²) in [5.74, 6) is 0.687. The van der Waals surface area contributed by atoms with Crippen LogP contribution < -0.4 is 15.4 Å². The Morgan fingerprint density at radius 2 is 2.09 bits per heavy atom. The van der Waals surface area contributed by atoms with Crippen LogP contribution in [-0.4, -0.2) is 28.8 Å². The maximum absolute atomic E-state index is 12.0. The Morgan fingerprint density at radius 1 is 1.30 bits per heavy atom. The third-order valence-electron chi connectivity index (χ3n) is 2.89. The Labute approximate surface area is 135 Å². The molecular weight excluding hydrogens is 296 g/mol. The molecule has 124 valence electrons. The number of nitrogens with zero attached hydrogens (tertiary/aromatic N) is 1. The third kappa shape index (κ3) is 5.21. The number of rotatable bonds is 5. The second-order valence-corrected chi connectivity index (χ2v) is 5.97. The lowest BCUT2D eigenvalue weighted by Crippen LogP contribution is -2.27. The van der Waals surface area contributed by atoms with Crippen molar-refractivity contribution in [3.63, 3.8) is 0 Å². The molecule has 0 atom stereocenters. The fourth-order valence-corrected chi connectivity index (χ4v) is 1.89. The maximum atomic E-state index is 12.0. The van der Waals surface area contributed by atoms with E-state index in [4.69, 9.17) is 9.47 Å². The highest BCUT2D eigenvalue weighted by Gasteiger charge is 2.17. The largest absolute Gasteiger partial charge is 0.497 e. The maximum Gasteiger partial charge on any atom is 0.412 e. The number of carbonyl (C=O) groups excluding carboxylic acids is 1. The average Bonchev–Trinajstić information content (AvgIpc) is 2.97. The van der Waals surface area contributed by atoms with Crippen LogP contribution in [0.3, 0.4) is 0 Å². The predicted octanol–water partition coefficient (Wildman–Crippen LogP) is 3.38. The number of aromatic amines is 1. The van der Waals surface area contributed by atoms with E-state index in [1.54, 1.807) is 31.8 Å². The Bertz CT molecular complexity index is 648. The van der Waals surface area contributed by atoms with E-state index >= 15 is 0 Å². The molecule has 0 saturated heterocycles. The standard InChI is InChI=1S/C16H22N4O3/c1-16(2,3)23-15(21)20-13-6-5-12(22-4)7-14(13)18-9-11-8-17-10-19-11/h5-8,10,18H,9H2,1-4H3,(H,17,19)(H,20,21). The van der Waals surface area contributed by atoms with Crippen LogP contribution in [0.1, 0.15) is 26.5 Å². The number of hydrogen-bond donors (Lipinski definition) is 3. The molecule has 1 aromatic carbocycles. The van der Waals surface area contributed by atoms with Crippen molar-refractivity contribution in [1.82, 2.24) is 9.97 Å². The summed E-state index contributed by atoms with van der Waals surface area (Å²) in [5.41, 5.74) is 1.71. The quantitative estimate of drug-likeness (QED) is 0.786. The van der Waals surface area contributed by atoms with Gasteiger partial charge in [-0.15, -0.1) is 0 Å². The van der Waals surface area contributed by atoms with E-state index in [-0.39, 0.29) is 0 Å². The minimum atomic E-state index is -0.555. The Morgan fingerprint density at radius 3 is 2.70 bits per heavy atom. The van der Waals surface area contributed by atoms with Gasteiger partial charge in [0.2, 0.25) is 0 Å². The minimum Gasteiger partial charge on any atom is -0.497 e. The van der Waals surface area contributed by atoms with Crippen molar-refractivity contribution in [2.75, 3.05) is 17.7 Å². The first-order valence-corrected chi connectivity index (χ1v) is 7.26. The van der Waals surface area contributed by atoms with Gasteiger partial charge in [0.1, 0.15) is 11.4 Å². The highest BCUT2D eigenvalue weighted by atomic mass is 16.6. The summed E-state index contributed by atoms with van der Waals surface area (Å²) in [5, 5.41) is 5.98. The van der Waals surface area contributed by atoms with Gasteiger partial charge in [-0.1, -0.05) is 0 Å². The molecule has 2 aromatic rings. The summed E-state index contributed by atoms with van der Waals surface area (Å²) in [6.07, 6.45) is 2.84. The van der Waals surface area contributed by atoms with Gasteiger partial charge in [-0.3, -0.25) is 5.32 Å². The second kappa shape index (κ2) is 7.04. The van der Waals surface area contributed by atoms with Crippen molar-refractivity contribution < 1.29 is 14.3 Å². The Balaban J connectivity index is 2.12. The lowest BCUT2D eigenvalue weighted by atomic mass is 10.2. The van der Waals surface area contributed by atoms with Gasteiger partial charge in [0.15, 0.2) is 0 Å². The molecule has 2 rings (SSSR count). The first-order valence-electron chi connectivity index (χ1n) is 7.26. The van der Waals surface area contributed by atoms with Crippen LogP contribution in [0.2, 0.25) is 0 Å². The molecule has 0 spiro atoms. The number of methoxy groups -OCH3 is 1. The third-order valence-corrected chi connectivity index (χ3v) is 2.89. The number of carbonyl (C=O) groups is 1. The molecule has 7 heteroatoms. The monoisotopic (exact) mass is 318 g/mol. The molecule has 0 saturated carbocycles. The fourth-order valence-electron chi connectivity index (χ4n) is 1.89. The predicted molar refractivity (Wildman–Crippen MR) is 88.8 cm³/mol. The molecular formula is C16H22N4O3. The van der Waals surface area contributed by atoms with Gasteiger partial charge < -0.3 is 19.8 Å². The normalized spacial score (nSPS) is 11.0. The van der Waals surface area contributed by atoms with Crippen molar-refractivity contribution in [2.45, 2.75) is 32.9 Å². The zero-order valence-corrected chi connectivity index (χ0v) is 13.8. The van der Waals surface area contributed by atoms with Gasteiger partial charge >= 0.3 is 6.09 Å². The van der Waals surface area contributed by atoms with Crippen molar-refractivity contribution >= 4 is 17.5 Å². The summed E-state index contributed by atoms with van der Waals surface area (Å²) in [4.78, 5) is 18.9. The van der Waals surface area contributed by atoms with Crippen LogP contribution >= 0.6 is 0 Å². The lowest BCUT2D eigenvalue weighted by molar-refractivity contribution is 0.0636. The molecule has 1 aromatic heterocycles. The minimum absolute atomic E-state index is 0.507. The molecule has 7 nitrogen and oxygen atoms in total. The smallest absolute Gasteiger partial charge is 0.412 e. The summed E-state index contributed by atoms with van der Waals surface area (Å²) in [7, 11) is 1.59. The summed E-state index contributed by atoms with van der Waals surface area (Å²) in [6.45, 7) is 5.99. The van der Waals surface area contributed by atoms with Gasteiger partial charge in [0.05, 0.1) is 37.1 Å². The van der Waals surface area contributed by atoms with E-state index < -0.39 is 11.7 Å². The molecule has 0 unspecified atom stereocenters. The zero-order chi connectivity index (χ0) is 16.9. The second-order valence-electron chi connectivity index (χ2n) is 5.97. The molecule has 1 amide bonds. The number of hydrogen-bond acceptors (Lipinski definition) is 5. The first-order chi connectivity index (χ1) is 10.9. The lowest BCUT2D eigenvalue weighted by Gasteiger charge is -2.21. The van der Waals surface area contributed by atoms with Crippen molar-refractivity contribution in [1.29, 1.82) is 0 Å². The summed E-state index contributed by atoms with van der Waals surface area (Å²) < 4.78 is 10.5. The molecule has 0 bridgehead atoms. The van der Waals surface area contributed by atoms with Crippen LogP contribution in [0.15, 0.2) is 30.7 Å². The van der Waals surface area contributed by atoms with E-state index in [0.29, 0.717) is 18.0 Å². The van der Waals surface area contributed by atoms with Gasteiger partial charge in [0.25, 0.3) is 0 Å². The molecule has 0 aliphatic rings. The summed E-state index contributed by atoms with van der Waals surface area (Å²) >= 11 is 0. The average molecular weight is 318 g/mol. The molecule has 3 N–H and O–H groups in total. The Hall–Kier alpha value is -2.70. The number of benzene rings is 1. The SMILES string of the molecule is COc1ccc(NC(=O)OC(C)(C)C)c(NCc2cnc[nH]2)c1. The van der Waals surface area contributed by atoms with Gasteiger partial charge in [-0.25, -0.2) is 9.78 Å². The number of amides is 1. The topological polar surface area (TPSA) is 88.3 Å². The Kier molecular flexibility index (Phi) is 5.10. The summed E-state index contributed by atoms with van der Waals surface area (Å²) in [6, 6.07) is 5.34. The highest BCUT2D eigenvalue weighted by Crippen LogP contribution is 2.28. The number of aromatic nitrogens is 2. The highest BCUT2D eigenvalue weighted by molar-refractivity contribution is 5.90. The van der Waals surface area contributed by atoms with Gasteiger partial charge in [-0.2, -0.15) is 0 Å². The van der Waals surface area contributed by atoms with Crippen molar-refractivity contribution in [3.8, 4) is 5.75 Å². The molecule has 0 radical (unpaired) electrons. The number of H-pyrrole nitrogens is 1. The number of imidazole rings is 1. The van der Waals surface area contributed by atoms with Crippen LogP contribution in [0.25, 0.3) is 0 Å². The van der Waals surface area contributed by atoms with E-state index in [1.807, 2.05) is 26.8 Å². The fraction of sp³-hybridized carbons (Fsp3) is 0.375. The first kappa shape index (κ1) is 16.7. The van der Waals surface area contributed by atoms with Crippen molar-refractivity contribution in [2.24, 2.45) is 0 Å². The van der Waals surface area contributed by atoms with Crippen LogP contribution in [-0.2, 0) is 11.3 Å². The van der Waals surface area contributed by atoms with E-state index in [0.717, 1.165) is 11.4 Å². The number of anilines is 2. The molecule has 1 heterocycles. The zero-order valence-electron chi connectivity index (χ0n) is 13.8. The number of ether oxygens (including phenoxy) is 2. The van der Waals surface area contributed by atoms with Crippen LogP contribution in [0.5, 0.6) is 5.75 Å². The molecule has 0 aliphatic carbocycles. The van der Waals surface area contributed by atoms with Crippen molar-refractivity contribution in [3.05, 3.63) is 36.4 Å². The van der Waals surface area contributed by atoms with Crippen LogP contribution in [0, 0.1) is 0 Å². The van der Waals surface area contributed by atoms with Gasteiger partial charge in [0, 0.05) is 12.3 Å².